The minimum atomic E-state index is -0.0919. The molecule has 0 amide bonds. The number of halogens is 1. The molecular formula is C17H28IN3O2. The van der Waals surface area contributed by atoms with Gasteiger partial charge in [0.1, 0.15) is 0 Å². The lowest BCUT2D eigenvalue weighted by Crippen LogP contribution is -2.43. The van der Waals surface area contributed by atoms with Crippen LogP contribution in [0.25, 0.3) is 0 Å². The Balaban J connectivity index is 0.00000484. The molecule has 0 radical (unpaired) electrons. The molecular weight excluding hydrogens is 405 g/mol. The molecule has 130 valence electrons. The lowest BCUT2D eigenvalue weighted by atomic mass is 9.84. The van der Waals surface area contributed by atoms with Crippen molar-refractivity contribution >= 4 is 29.9 Å². The van der Waals surface area contributed by atoms with E-state index in [1.807, 2.05) is 12.1 Å². The van der Waals surface area contributed by atoms with E-state index in [9.17, 15) is 0 Å². The predicted molar refractivity (Wildman–Crippen MR) is 108 cm³/mol. The minimum Gasteiger partial charge on any atom is -0.493 e. The van der Waals surface area contributed by atoms with Crippen LogP contribution >= 0.6 is 24.0 Å². The Morgan fingerprint density at radius 2 is 1.87 bits per heavy atom. The number of nitrogens with one attached hydrogen (secondary N) is 2. The fourth-order valence-corrected chi connectivity index (χ4v) is 2.05. The van der Waals surface area contributed by atoms with E-state index in [4.69, 9.17) is 9.47 Å². The average molecular weight is 433 g/mol. The van der Waals surface area contributed by atoms with Crippen molar-refractivity contribution in [2.75, 3.05) is 34.4 Å². The van der Waals surface area contributed by atoms with Crippen LogP contribution in [0.3, 0.4) is 0 Å². The maximum absolute atomic E-state index is 5.38. The molecule has 0 aliphatic rings. The van der Waals surface area contributed by atoms with Crippen LogP contribution in [0.2, 0.25) is 0 Å². The third kappa shape index (κ3) is 6.29. The number of hydrogen-bond acceptors (Lipinski definition) is 3. The molecule has 0 aliphatic heterocycles. The second-order valence-electron chi connectivity index (χ2n) is 5.55. The molecule has 0 bridgehead atoms. The van der Waals surface area contributed by atoms with Crippen LogP contribution in [0.15, 0.2) is 35.8 Å². The van der Waals surface area contributed by atoms with Crippen LogP contribution in [-0.2, 0) is 5.41 Å². The number of benzene rings is 1. The molecule has 0 saturated carbocycles. The molecule has 1 aromatic carbocycles. The number of hydrogen-bond donors (Lipinski definition) is 2. The van der Waals surface area contributed by atoms with Crippen LogP contribution in [0.4, 0.5) is 0 Å². The summed E-state index contributed by atoms with van der Waals surface area (Å²) in [6.07, 6.45) is 1.80. The maximum atomic E-state index is 5.38. The SMILES string of the molecule is C=CCNC(=NC)NCC(C)(C)c1ccc(OC)c(OC)c1.I. The number of rotatable bonds is 7. The topological polar surface area (TPSA) is 54.9 Å². The zero-order valence-electron chi connectivity index (χ0n) is 14.6. The Morgan fingerprint density at radius 1 is 1.22 bits per heavy atom. The molecule has 0 heterocycles. The first-order valence-electron chi connectivity index (χ1n) is 7.26. The Hall–Kier alpha value is -1.44. The molecule has 0 fully saturated rings. The largest absolute Gasteiger partial charge is 0.493 e. The Bertz CT molecular complexity index is 531. The monoisotopic (exact) mass is 433 g/mol. The Kier molecular flexibility index (Phi) is 9.71. The summed E-state index contributed by atoms with van der Waals surface area (Å²) in [7, 11) is 5.04. The van der Waals surface area contributed by atoms with Crippen LogP contribution in [-0.4, -0.2) is 40.3 Å². The van der Waals surface area contributed by atoms with Crippen molar-refractivity contribution in [3.63, 3.8) is 0 Å². The Morgan fingerprint density at radius 3 is 2.39 bits per heavy atom. The van der Waals surface area contributed by atoms with E-state index in [0.717, 1.165) is 29.6 Å². The van der Waals surface area contributed by atoms with Crippen molar-refractivity contribution < 1.29 is 9.47 Å². The third-order valence-electron chi connectivity index (χ3n) is 3.50. The standard InChI is InChI=1S/C17H27N3O2.HI/c1-7-10-19-16(18-4)20-12-17(2,3)13-8-9-14(21-5)15(11-13)22-6;/h7-9,11H,1,10,12H2,2-6H3,(H2,18,19,20);1H. The van der Waals surface area contributed by atoms with Crippen molar-refractivity contribution in [3.8, 4) is 11.5 Å². The van der Waals surface area contributed by atoms with Gasteiger partial charge in [0.15, 0.2) is 17.5 Å². The summed E-state index contributed by atoms with van der Waals surface area (Å²) in [6, 6.07) is 6.00. The lowest BCUT2D eigenvalue weighted by Gasteiger charge is -2.27. The van der Waals surface area contributed by atoms with E-state index < -0.39 is 0 Å². The molecule has 0 spiro atoms. The molecule has 0 aromatic heterocycles. The van der Waals surface area contributed by atoms with E-state index in [-0.39, 0.29) is 29.4 Å². The van der Waals surface area contributed by atoms with Gasteiger partial charge in [-0.2, -0.15) is 0 Å². The number of nitrogens with zero attached hydrogens (tertiary/aromatic N) is 1. The first kappa shape index (κ1) is 21.6. The minimum absolute atomic E-state index is 0. The molecule has 2 N–H and O–H groups in total. The fraction of sp³-hybridized carbons (Fsp3) is 0.471. The van der Waals surface area contributed by atoms with Crippen molar-refractivity contribution in [1.29, 1.82) is 0 Å². The van der Waals surface area contributed by atoms with Crippen LogP contribution < -0.4 is 20.1 Å². The van der Waals surface area contributed by atoms with Crippen molar-refractivity contribution in [1.82, 2.24) is 10.6 Å². The van der Waals surface area contributed by atoms with Gasteiger partial charge in [-0.25, -0.2) is 0 Å². The first-order valence-corrected chi connectivity index (χ1v) is 7.26. The molecule has 5 nitrogen and oxygen atoms in total. The van der Waals surface area contributed by atoms with Gasteiger partial charge < -0.3 is 20.1 Å². The van der Waals surface area contributed by atoms with Gasteiger partial charge in [0.2, 0.25) is 0 Å². The fourth-order valence-electron chi connectivity index (χ4n) is 2.05. The van der Waals surface area contributed by atoms with E-state index in [1.165, 1.54) is 0 Å². The summed E-state index contributed by atoms with van der Waals surface area (Å²) in [6.45, 7) is 9.44. The van der Waals surface area contributed by atoms with E-state index in [1.54, 1.807) is 27.3 Å². The van der Waals surface area contributed by atoms with E-state index >= 15 is 0 Å². The molecule has 1 aromatic rings. The highest BCUT2D eigenvalue weighted by Gasteiger charge is 2.22. The second kappa shape index (κ2) is 10.4. The molecule has 6 heteroatoms. The third-order valence-corrected chi connectivity index (χ3v) is 3.50. The summed E-state index contributed by atoms with van der Waals surface area (Å²) >= 11 is 0. The molecule has 1 rings (SSSR count). The Labute approximate surface area is 156 Å². The molecule has 0 saturated heterocycles. The molecule has 23 heavy (non-hydrogen) atoms. The van der Waals surface area contributed by atoms with Gasteiger partial charge in [0.25, 0.3) is 0 Å². The quantitative estimate of drug-likeness (QED) is 0.301. The predicted octanol–water partition coefficient (Wildman–Crippen LogP) is 2.95. The van der Waals surface area contributed by atoms with Gasteiger partial charge >= 0.3 is 0 Å². The average Bonchev–Trinajstić information content (AvgIpc) is 2.54. The highest BCUT2D eigenvalue weighted by Crippen LogP contribution is 2.32. The van der Waals surface area contributed by atoms with Crippen LogP contribution in [0.1, 0.15) is 19.4 Å². The molecule has 0 aliphatic carbocycles. The lowest BCUT2D eigenvalue weighted by molar-refractivity contribution is 0.353. The summed E-state index contributed by atoms with van der Waals surface area (Å²) < 4.78 is 10.7. The molecule has 0 atom stereocenters. The van der Waals surface area contributed by atoms with Crippen LogP contribution in [0, 0.1) is 0 Å². The smallest absolute Gasteiger partial charge is 0.191 e. The van der Waals surface area contributed by atoms with Gasteiger partial charge in [-0.05, 0) is 17.7 Å². The van der Waals surface area contributed by atoms with Gasteiger partial charge in [-0.3, -0.25) is 4.99 Å². The van der Waals surface area contributed by atoms with Gasteiger partial charge in [0, 0.05) is 25.6 Å². The summed E-state index contributed by atoms with van der Waals surface area (Å²) in [4.78, 5) is 4.19. The normalized spacial score (nSPS) is 11.3. The van der Waals surface area contributed by atoms with Gasteiger partial charge in [-0.15, -0.1) is 30.6 Å². The maximum Gasteiger partial charge on any atom is 0.191 e. The summed E-state index contributed by atoms with van der Waals surface area (Å²) in [5.41, 5.74) is 1.07. The zero-order valence-corrected chi connectivity index (χ0v) is 16.9. The summed E-state index contributed by atoms with van der Waals surface area (Å²) in [5.74, 6) is 2.23. The van der Waals surface area contributed by atoms with E-state index in [2.05, 4.69) is 42.1 Å². The second-order valence-corrected chi connectivity index (χ2v) is 5.55. The number of ether oxygens (including phenoxy) is 2. The van der Waals surface area contributed by atoms with Gasteiger partial charge in [0.05, 0.1) is 14.2 Å². The zero-order chi connectivity index (χ0) is 16.6. The highest BCUT2D eigenvalue weighted by molar-refractivity contribution is 14.0. The van der Waals surface area contributed by atoms with Crippen LogP contribution in [0.5, 0.6) is 11.5 Å². The van der Waals surface area contributed by atoms with Crippen molar-refractivity contribution in [3.05, 3.63) is 36.4 Å². The summed E-state index contributed by atoms with van der Waals surface area (Å²) in [5, 5.41) is 6.49. The highest BCUT2D eigenvalue weighted by atomic mass is 127. The molecule has 0 unspecified atom stereocenters. The van der Waals surface area contributed by atoms with E-state index in [0.29, 0.717) is 6.54 Å². The number of methoxy groups -OCH3 is 2. The first-order chi connectivity index (χ1) is 10.5. The number of aliphatic imine (C=N–C) groups is 1. The van der Waals surface area contributed by atoms with Gasteiger partial charge in [-0.1, -0.05) is 26.0 Å². The van der Waals surface area contributed by atoms with Crippen molar-refractivity contribution in [2.24, 2.45) is 4.99 Å². The van der Waals surface area contributed by atoms with Crippen molar-refractivity contribution in [2.45, 2.75) is 19.3 Å². The number of guanidine groups is 1.